The minimum atomic E-state index is -0.423. The Balaban J connectivity index is 1.78. The molecule has 0 aliphatic carbocycles. The van der Waals surface area contributed by atoms with Gasteiger partial charge in [0.15, 0.2) is 11.5 Å². The topological polar surface area (TPSA) is 81.9 Å². The molecule has 0 spiro atoms. The van der Waals surface area contributed by atoms with Crippen LogP contribution < -0.4 is 15.2 Å². The molecule has 6 heteroatoms. The molecule has 1 atom stereocenters. The van der Waals surface area contributed by atoms with Crippen LogP contribution in [0.3, 0.4) is 0 Å². The summed E-state index contributed by atoms with van der Waals surface area (Å²) in [7, 11) is 0. The number of nitrogens with zero attached hydrogens (tertiary/aromatic N) is 1. The van der Waals surface area contributed by atoms with Gasteiger partial charge in [0.2, 0.25) is 11.8 Å². The molecule has 2 amide bonds. The normalized spacial score (nSPS) is 13.7. The van der Waals surface area contributed by atoms with Crippen molar-refractivity contribution in [1.82, 2.24) is 4.90 Å². The average Bonchev–Trinajstić information content (AvgIpc) is 2.70. The Morgan fingerprint density at radius 2 is 1.78 bits per heavy atom. The van der Waals surface area contributed by atoms with E-state index in [0.29, 0.717) is 31.3 Å². The van der Waals surface area contributed by atoms with Crippen molar-refractivity contribution in [2.24, 2.45) is 5.73 Å². The van der Waals surface area contributed by atoms with E-state index < -0.39 is 5.91 Å². The second-order valence-corrected chi connectivity index (χ2v) is 6.59. The SMILES string of the molecule is CC(C(=O)N(CCC(N)=O)Cc1ccccc1)c1ccc2c(c1)OCCO2. The third-order valence-electron chi connectivity index (χ3n) is 4.59. The van der Waals surface area contributed by atoms with E-state index in [-0.39, 0.29) is 24.8 Å². The first-order chi connectivity index (χ1) is 13.0. The fraction of sp³-hybridized carbons (Fsp3) is 0.333. The maximum Gasteiger partial charge on any atom is 0.230 e. The van der Waals surface area contributed by atoms with Gasteiger partial charge in [-0.1, -0.05) is 36.4 Å². The molecule has 142 valence electrons. The van der Waals surface area contributed by atoms with Gasteiger partial charge in [-0.3, -0.25) is 9.59 Å². The van der Waals surface area contributed by atoms with Crippen molar-refractivity contribution < 1.29 is 19.1 Å². The molecule has 6 nitrogen and oxygen atoms in total. The quantitative estimate of drug-likeness (QED) is 0.814. The first kappa shape index (κ1) is 18.8. The highest BCUT2D eigenvalue weighted by Crippen LogP contribution is 2.33. The molecule has 1 aliphatic heterocycles. The Labute approximate surface area is 158 Å². The lowest BCUT2D eigenvalue weighted by atomic mass is 9.98. The molecule has 0 saturated heterocycles. The lowest BCUT2D eigenvalue weighted by Crippen LogP contribution is -2.36. The van der Waals surface area contributed by atoms with E-state index in [9.17, 15) is 9.59 Å². The lowest BCUT2D eigenvalue weighted by molar-refractivity contribution is -0.133. The van der Waals surface area contributed by atoms with Crippen LogP contribution in [0.2, 0.25) is 0 Å². The van der Waals surface area contributed by atoms with Crippen molar-refractivity contribution in [3.63, 3.8) is 0 Å². The van der Waals surface area contributed by atoms with E-state index in [1.54, 1.807) is 4.90 Å². The van der Waals surface area contributed by atoms with Gasteiger partial charge in [0.05, 0.1) is 5.92 Å². The molecule has 3 rings (SSSR count). The summed E-state index contributed by atoms with van der Waals surface area (Å²) in [6, 6.07) is 15.3. The molecule has 2 aromatic carbocycles. The first-order valence-electron chi connectivity index (χ1n) is 9.05. The molecule has 1 aliphatic rings. The van der Waals surface area contributed by atoms with Crippen LogP contribution in [0, 0.1) is 0 Å². The second kappa shape index (κ2) is 8.58. The van der Waals surface area contributed by atoms with E-state index in [0.717, 1.165) is 11.1 Å². The minimum Gasteiger partial charge on any atom is -0.486 e. The maximum absolute atomic E-state index is 13.1. The third kappa shape index (κ3) is 4.78. The number of carbonyl (C=O) groups excluding carboxylic acids is 2. The molecule has 0 aromatic heterocycles. The van der Waals surface area contributed by atoms with Crippen LogP contribution in [-0.2, 0) is 16.1 Å². The van der Waals surface area contributed by atoms with E-state index in [1.807, 2.05) is 55.5 Å². The predicted octanol–water partition coefficient (Wildman–Crippen LogP) is 2.47. The van der Waals surface area contributed by atoms with Gasteiger partial charge >= 0.3 is 0 Å². The molecule has 2 aromatic rings. The molecule has 1 unspecified atom stereocenters. The van der Waals surface area contributed by atoms with Gasteiger partial charge in [0.1, 0.15) is 13.2 Å². The third-order valence-corrected chi connectivity index (χ3v) is 4.59. The zero-order valence-corrected chi connectivity index (χ0v) is 15.4. The summed E-state index contributed by atoms with van der Waals surface area (Å²) < 4.78 is 11.2. The van der Waals surface area contributed by atoms with Crippen LogP contribution in [0.1, 0.15) is 30.4 Å². The molecule has 2 N–H and O–H groups in total. The number of amides is 2. The number of benzene rings is 2. The molecular weight excluding hydrogens is 344 g/mol. The summed E-state index contributed by atoms with van der Waals surface area (Å²) in [4.78, 5) is 26.0. The Bertz CT molecular complexity index is 807. The Hall–Kier alpha value is -3.02. The second-order valence-electron chi connectivity index (χ2n) is 6.59. The van der Waals surface area contributed by atoms with Crippen LogP contribution in [-0.4, -0.2) is 36.5 Å². The molecule has 1 heterocycles. The van der Waals surface area contributed by atoms with Gasteiger partial charge < -0.3 is 20.1 Å². The van der Waals surface area contributed by atoms with Crippen LogP contribution >= 0.6 is 0 Å². The van der Waals surface area contributed by atoms with Gasteiger partial charge in [0.25, 0.3) is 0 Å². The van der Waals surface area contributed by atoms with Crippen molar-refractivity contribution in [2.75, 3.05) is 19.8 Å². The monoisotopic (exact) mass is 368 g/mol. The van der Waals surface area contributed by atoms with Gasteiger partial charge in [0, 0.05) is 19.5 Å². The number of nitrogens with two attached hydrogens (primary N) is 1. The summed E-state index contributed by atoms with van der Waals surface area (Å²) in [6.07, 6.45) is 0.131. The van der Waals surface area contributed by atoms with Crippen LogP contribution in [0.4, 0.5) is 0 Å². The van der Waals surface area contributed by atoms with Crippen molar-refractivity contribution in [3.8, 4) is 11.5 Å². The molecule has 0 radical (unpaired) electrons. The average molecular weight is 368 g/mol. The Kier molecular flexibility index (Phi) is 5.96. The highest BCUT2D eigenvalue weighted by Gasteiger charge is 2.24. The van der Waals surface area contributed by atoms with Crippen LogP contribution in [0.5, 0.6) is 11.5 Å². The molecule has 0 bridgehead atoms. The fourth-order valence-electron chi connectivity index (χ4n) is 3.06. The van der Waals surface area contributed by atoms with Gasteiger partial charge in [-0.15, -0.1) is 0 Å². The van der Waals surface area contributed by atoms with E-state index in [4.69, 9.17) is 15.2 Å². The van der Waals surface area contributed by atoms with Crippen LogP contribution in [0.15, 0.2) is 48.5 Å². The van der Waals surface area contributed by atoms with Gasteiger partial charge in [-0.25, -0.2) is 0 Å². The number of ether oxygens (including phenoxy) is 2. The van der Waals surface area contributed by atoms with E-state index in [1.165, 1.54) is 0 Å². The van der Waals surface area contributed by atoms with Crippen molar-refractivity contribution >= 4 is 11.8 Å². The number of hydrogen-bond donors (Lipinski definition) is 1. The number of fused-ring (bicyclic) bond motifs is 1. The highest BCUT2D eigenvalue weighted by atomic mass is 16.6. The summed E-state index contributed by atoms with van der Waals surface area (Å²) >= 11 is 0. The van der Waals surface area contributed by atoms with Gasteiger partial charge in [-0.2, -0.15) is 0 Å². The summed E-state index contributed by atoms with van der Waals surface area (Å²) in [5, 5.41) is 0. The fourth-order valence-corrected chi connectivity index (χ4v) is 3.06. The van der Waals surface area contributed by atoms with Crippen molar-refractivity contribution in [3.05, 3.63) is 59.7 Å². The smallest absolute Gasteiger partial charge is 0.230 e. The summed E-state index contributed by atoms with van der Waals surface area (Å²) in [5.74, 6) is 0.492. The zero-order valence-electron chi connectivity index (χ0n) is 15.4. The van der Waals surface area contributed by atoms with Crippen molar-refractivity contribution in [1.29, 1.82) is 0 Å². The number of primary amides is 1. The molecule has 27 heavy (non-hydrogen) atoms. The summed E-state index contributed by atoms with van der Waals surface area (Å²) in [5.41, 5.74) is 7.14. The minimum absolute atomic E-state index is 0.0585. The molecular formula is C21H24N2O4. The van der Waals surface area contributed by atoms with Crippen molar-refractivity contribution in [2.45, 2.75) is 25.8 Å². The van der Waals surface area contributed by atoms with Crippen LogP contribution in [0.25, 0.3) is 0 Å². The zero-order chi connectivity index (χ0) is 19.2. The van der Waals surface area contributed by atoms with E-state index in [2.05, 4.69) is 0 Å². The lowest BCUT2D eigenvalue weighted by Gasteiger charge is -2.27. The number of hydrogen-bond acceptors (Lipinski definition) is 4. The maximum atomic E-state index is 13.1. The first-order valence-corrected chi connectivity index (χ1v) is 9.05. The number of carbonyl (C=O) groups is 2. The van der Waals surface area contributed by atoms with Gasteiger partial charge in [-0.05, 0) is 30.2 Å². The largest absolute Gasteiger partial charge is 0.486 e. The summed E-state index contributed by atoms with van der Waals surface area (Å²) in [6.45, 7) is 3.60. The Morgan fingerprint density at radius 1 is 1.07 bits per heavy atom. The predicted molar refractivity (Wildman–Crippen MR) is 102 cm³/mol. The molecule has 0 saturated carbocycles. The standard InChI is InChI=1S/C21H24N2O4/c1-15(17-7-8-18-19(13-17)27-12-11-26-18)21(25)23(10-9-20(22)24)14-16-5-3-2-4-6-16/h2-8,13,15H,9-12,14H2,1H3,(H2,22,24). The highest BCUT2D eigenvalue weighted by molar-refractivity contribution is 5.84. The van der Waals surface area contributed by atoms with E-state index >= 15 is 0 Å². The Morgan fingerprint density at radius 3 is 2.48 bits per heavy atom. The molecule has 0 fully saturated rings. The number of rotatable bonds is 7.